The average Bonchev–Trinajstić information content (AvgIpc) is 2.20. The monoisotopic (exact) mass is 242 g/mol. The van der Waals surface area contributed by atoms with Crippen LogP contribution in [-0.4, -0.2) is 18.6 Å². The van der Waals surface area contributed by atoms with Crippen LogP contribution in [0.4, 0.5) is 8.78 Å². The summed E-state index contributed by atoms with van der Waals surface area (Å²) in [5.74, 6) is -0.998. The number of hydrogen-bond acceptors (Lipinski definition) is 2. The van der Waals surface area contributed by atoms with Gasteiger partial charge in [-0.25, -0.2) is 8.78 Å². The Morgan fingerprint density at radius 1 is 1.06 bits per heavy atom. The summed E-state index contributed by atoms with van der Waals surface area (Å²) in [5, 5.41) is 6.30. The molecular weight excluding hydrogens is 222 g/mol. The quantitative estimate of drug-likeness (QED) is 0.775. The van der Waals surface area contributed by atoms with E-state index in [9.17, 15) is 8.78 Å². The summed E-state index contributed by atoms with van der Waals surface area (Å²) >= 11 is 0. The van der Waals surface area contributed by atoms with Gasteiger partial charge in [-0.3, -0.25) is 0 Å². The average molecular weight is 242 g/mol. The third-order valence-corrected chi connectivity index (χ3v) is 2.32. The largest absolute Gasteiger partial charge is 0.311 e. The molecule has 4 heteroatoms. The van der Waals surface area contributed by atoms with E-state index in [0.29, 0.717) is 6.54 Å². The first-order valence-corrected chi connectivity index (χ1v) is 5.79. The zero-order valence-corrected chi connectivity index (χ0v) is 10.6. The smallest absolute Gasteiger partial charge is 0.130 e. The number of benzene rings is 1. The van der Waals surface area contributed by atoms with Gasteiger partial charge in [-0.15, -0.1) is 0 Å². The van der Waals surface area contributed by atoms with Gasteiger partial charge in [0.25, 0.3) is 0 Å². The molecule has 0 aliphatic carbocycles. The molecule has 1 aromatic rings. The normalized spacial score (nSPS) is 11.8. The summed E-state index contributed by atoms with van der Waals surface area (Å²) in [6, 6.07) is 3.91. The van der Waals surface area contributed by atoms with Crippen molar-refractivity contribution in [2.75, 3.05) is 13.1 Å². The lowest BCUT2D eigenvalue weighted by atomic mass is 10.1. The van der Waals surface area contributed by atoms with E-state index >= 15 is 0 Å². The van der Waals surface area contributed by atoms with Gasteiger partial charge in [0.1, 0.15) is 11.6 Å². The van der Waals surface area contributed by atoms with Crippen molar-refractivity contribution in [1.82, 2.24) is 10.6 Å². The summed E-state index contributed by atoms with van der Waals surface area (Å²) in [4.78, 5) is 0. The van der Waals surface area contributed by atoms with E-state index in [1.165, 1.54) is 18.2 Å². The highest BCUT2D eigenvalue weighted by Gasteiger charge is 2.09. The van der Waals surface area contributed by atoms with Crippen LogP contribution in [0, 0.1) is 11.6 Å². The van der Waals surface area contributed by atoms with Crippen LogP contribution in [0.1, 0.15) is 26.3 Å². The molecule has 17 heavy (non-hydrogen) atoms. The van der Waals surface area contributed by atoms with Crippen LogP contribution in [-0.2, 0) is 6.54 Å². The molecule has 0 unspecified atom stereocenters. The van der Waals surface area contributed by atoms with Gasteiger partial charge in [-0.05, 0) is 32.9 Å². The van der Waals surface area contributed by atoms with Crippen molar-refractivity contribution in [3.8, 4) is 0 Å². The first kappa shape index (κ1) is 14.1. The molecule has 0 aliphatic rings. The molecule has 2 N–H and O–H groups in total. The third kappa shape index (κ3) is 5.24. The van der Waals surface area contributed by atoms with Gasteiger partial charge in [-0.2, -0.15) is 0 Å². The minimum Gasteiger partial charge on any atom is -0.311 e. The van der Waals surface area contributed by atoms with Crippen molar-refractivity contribution < 1.29 is 8.78 Å². The maximum absolute atomic E-state index is 13.3. The maximum atomic E-state index is 13.3. The Bertz CT molecular complexity index is 339. The van der Waals surface area contributed by atoms with Gasteiger partial charge < -0.3 is 10.6 Å². The highest BCUT2D eigenvalue weighted by molar-refractivity contribution is 5.19. The van der Waals surface area contributed by atoms with E-state index in [4.69, 9.17) is 0 Å². The molecule has 0 aromatic heterocycles. The fraction of sp³-hybridized carbons (Fsp3) is 0.538. The Kier molecular flexibility index (Phi) is 5.02. The molecule has 0 saturated carbocycles. The number of rotatable bonds is 5. The highest BCUT2D eigenvalue weighted by Crippen LogP contribution is 2.11. The molecule has 1 rings (SSSR count). The van der Waals surface area contributed by atoms with Gasteiger partial charge in [0.2, 0.25) is 0 Å². The maximum Gasteiger partial charge on any atom is 0.130 e. The number of halogens is 2. The molecule has 0 aliphatic heterocycles. The minimum atomic E-state index is -0.499. The Morgan fingerprint density at radius 3 is 2.18 bits per heavy atom. The lowest BCUT2D eigenvalue weighted by Gasteiger charge is -2.20. The molecule has 0 fully saturated rings. The summed E-state index contributed by atoms with van der Waals surface area (Å²) in [7, 11) is 0. The molecule has 0 atom stereocenters. The summed E-state index contributed by atoms with van der Waals surface area (Å²) < 4.78 is 26.5. The second-order valence-electron chi connectivity index (χ2n) is 5.05. The van der Waals surface area contributed by atoms with E-state index in [-0.39, 0.29) is 17.6 Å². The Morgan fingerprint density at radius 2 is 1.65 bits per heavy atom. The van der Waals surface area contributed by atoms with Gasteiger partial charge in [-0.1, -0.05) is 6.07 Å². The van der Waals surface area contributed by atoms with Crippen LogP contribution >= 0.6 is 0 Å². The second kappa shape index (κ2) is 6.07. The standard InChI is InChI=1S/C13H20F2N2/c1-13(2,3)17-8-7-16-9-10-11(14)5-4-6-12(10)15/h4-6,16-17H,7-9H2,1-3H3. The Labute approximate surface area is 101 Å². The van der Waals surface area contributed by atoms with Gasteiger partial charge in [0.05, 0.1) is 0 Å². The van der Waals surface area contributed by atoms with Gasteiger partial charge in [0, 0.05) is 30.7 Å². The Balaban J connectivity index is 2.32. The predicted molar refractivity (Wildman–Crippen MR) is 65.8 cm³/mol. The van der Waals surface area contributed by atoms with Crippen LogP contribution in [0.2, 0.25) is 0 Å². The molecule has 1 aromatic carbocycles. The Hall–Kier alpha value is -1.00. The van der Waals surface area contributed by atoms with E-state index in [1.54, 1.807) is 0 Å². The van der Waals surface area contributed by atoms with Crippen LogP contribution < -0.4 is 10.6 Å². The first-order valence-electron chi connectivity index (χ1n) is 5.79. The van der Waals surface area contributed by atoms with Crippen molar-refractivity contribution in [3.63, 3.8) is 0 Å². The van der Waals surface area contributed by atoms with Crippen LogP contribution in [0.15, 0.2) is 18.2 Å². The third-order valence-electron chi connectivity index (χ3n) is 2.32. The topological polar surface area (TPSA) is 24.1 Å². The first-order chi connectivity index (χ1) is 7.90. The van der Waals surface area contributed by atoms with Crippen LogP contribution in [0.5, 0.6) is 0 Å². The molecular formula is C13H20F2N2. The number of hydrogen-bond donors (Lipinski definition) is 2. The van der Waals surface area contributed by atoms with E-state index in [2.05, 4.69) is 31.4 Å². The zero-order chi connectivity index (χ0) is 12.9. The molecule has 0 radical (unpaired) electrons. The van der Waals surface area contributed by atoms with Gasteiger partial charge in [0.15, 0.2) is 0 Å². The van der Waals surface area contributed by atoms with Crippen molar-refractivity contribution in [2.24, 2.45) is 0 Å². The molecule has 96 valence electrons. The van der Waals surface area contributed by atoms with Crippen molar-refractivity contribution in [3.05, 3.63) is 35.4 Å². The van der Waals surface area contributed by atoms with Gasteiger partial charge >= 0.3 is 0 Å². The molecule has 0 bridgehead atoms. The lowest BCUT2D eigenvalue weighted by Crippen LogP contribution is -2.40. The fourth-order valence-electron chi connectivity index (χ4n) is 1.44. The molecule has 0 saturated heterocycles. The summed E-state index contributed by atoms with van der Waals surface area (Å²) in [5.41, 5.74) is 0.161. The SMILES string of the molecule is CC(C)(C)NCCNCc1c(F)cccc1F. The fourth-order valence-corrected chi connectivity index (χ4v) is 1.44. The van der Waals surface area contributed by atoms with E-state index in [0.717, 1.165) is 6.54 Å². The van der Waals surface area contributed by atoms with Crippen molar-refractivity contribution in [1.29, 1.82) is 0 Å². The lowest BCUT2D eigenvalue weighted by molar-refractivity contribution is 0.419. The highest BCUT2D eigenvalue weighted by atomic mass is 19.1. The molecule has 0 spiro atoms. The second-order valence-corrected chi connectivity index (χ2v) is 5.05. The van der Waals surface area contributed by atoms with Crippen molar-refractivity contribution in [2.45, 2.75) is 32.9 Å². The summed E-state index contributed by atoms with van der Waals surface area (Å²) in [6.45, 7) is 7.87. The van der Waals surface area contributed by atoms with Crippen LogP contribution in [0.3, 0.4) is 0 Å². The van der Waals surface area contributed by atoms with Crippen molar-refractivity contribution >= 4 is 0 Å². The zero-order valence-electron chi connectivity index (χ0n) is 10.6. The van der Waals surface area contributed by atoms with E-state index < -0.39 is 11.6 Å². The van der Waals surface area contributed by atoms with Crippen LogP contribution in [0.25, 0.3) is 0 Å². The molecule has 0 heterocycles. The predicted octanol–water partition coefficient (Wildman–Crippen LogP) is 2.44. The molecule has 0 amide bonds. The molecule has 2 nitrogen and oxygen atoms in total. The number of nitrogens with one attached hydrogen (secondary N) is 2. The van der Waals surface area contributed by atoms with E-state index in [1.807, 2.05) is 0 Å². The summed E-state index contributed by atoms with van der Waals surface area (Å²) in [6.07, 6.45) is 0. The minimum absolute atomic E-state index is 0.0604.